The van der Waals surface area contributed by atoms with Crippen molar-refractivity contribution in [2.75, 3.05) is 11.4 Å². The van der Waals surface area contributed by atoms with Crippen molar-refractivity contribution in [1.82, 2.24) is 4.98 Å². The van der Waals surface area contributed by atoms with Gasteiger partial charge in [-0.3, -0.25) is 5.41 Å². The van der Waals surface area contributed by atoms with E-state index in [1.165, 1.54) is 11.3 Å². The molecule has 1 aromatic heterocycles. The normalized spacial score (nSPS) is 14.4. The highest BCUT2D eigenvalue weighted by molar-refractivity contribution is 9.10. The SMILES string of the molecule is Cc1sc(C2=C(O)CN(c3cccc(Br)c3)C2=N)nc1-c1ccccc1. The predicted octanol–water partition coefficient (Wildman–Crippen LogP) is 5.65. The van der Waals surface area contributed by atoms with E-state index in [1.54, 1.807) is 4.90 Å². The third kappa shape index (κ3) is 2.95. The van der Waals surface area contributed by atoms with Gasteiger partial charge in [0.25, 0.3) is 0 Å². The highest BCUT2D eigenvalue weighted by atomic mass is 79.9. The summed E-state index contributed by atoms with van der Waals surface area (Å²) in [5, 5.41) is 19.8. The molecule has 0 spiro atoms. The van der Waals surface area contributed by atoms with Crippen molar-refractivity contribution in [2.24, 2.45) is 0 Å². The second-order valence-corrected chi connectivity index (χ2v) is 8.15. The van der Waals surface area contributed by atoms with Crippen LogP contribution in [0.2, 0.25) is 0 Å². The fourth-order valence-corrected chi connectivity index (χ4v) is 4.43. The van der Waals surface area contributed by atoms with Gasteiger partial charge in [0.2, 0.25) is 0 Å². The molecular weight excluding hydrogens is 410 g/mol. The van der Waals surface area contributed by atoms with Gasteiger partial charge < -0.3 is 10.0 Å². The van der Waals surface area contributed by atoms with Crippen LogP contribution in [0.25, 0.3) is 16.8 Å². The van der Waals surface area contributed by atoms with Gasteiger partial charge >= 0.3 is 0 Å². The highest BCUT2D eigenvalue weighted by Gasteiger charge is 2.31. The van der Waals surface area contributed by atoms with Crippen molar-refractivity contribution in [1.29, 1.82) is 5.41 Å². The first-order chi connectivity index (χ1) is 12.5. The number of halogens is 1. The summed E-state index contributed by atoms with van der Waals surface area (Å²) >= 11 is 4.97. The summed E-state index contributed by atoms with van der Waals surface area (Å²) < 4.78 is 0.937. The summed E-state index contributed by atoms with van der Waals surface area (Å²) in [6, 6.07) is 17.7. The molecule has 0 fully saturated rings. The Kier molecular flexibility index (Phi) is 4.38. The molecule has 2 aromatic carbocycles. The number of aryl methyl sites for hydroxylation is 1. The fourth-order valence-electron chi connectivity index (χ4n) is 3.04. The van der Waals surface area contributed by atoms with E-state index in [-0.39, 0.29) is 18.1 Å². The van der Waals surface area contributed by atoms with Gasteiger partial charge in [-0.25, -0.2) is 4.98 Å². The number of nitrogens with one attached hydrogen (secondary N) is 1. The predicted molar refractivity (Wildman–Crippen MR) is 111 cm³/mol. The van der Waals surface area contributed by atoms with E-state index in [0.29, 0.717) is 10.6 Å². The molecule has 0 atom stereocenters. The van der Waals surface area contributed by atoms with Crippen molar-refractivity contribution in [3.8, 4) is 11.3 Å². The lowest BCUT2D eigenvalue weighted by Gasteiger charge is -2.18. The summed E-state index contributed by atoms with van der Waals surface area (Å²) in [5.74, 6) is 0.456. The largest absolute Gasteiger partial charge is 0.510 e. The minimum Gasteiger partial charge on any atom is -0.510 e. The first-order valence-corrected chi connectivity index (χ1v) is 9.73. The topological polar surface area (TPSA) is 60.2 Å². The second-order valence-electron chi connectivity index (χ2n) is 6.03. The minimum absolute atomic E-state index is 0.184. The molecule has 0 aliphatic carbocycles. The summed E-state index contributed by atoms with van der Waals surface area (Å²) in [6.07, 6.45) is 0. The van der Waals surface area contributed by atoms with Crippen molar-refractivity contribution in [3.63, 3.8) is 0 Å². The number of rotatable bonds is 3. The third-order valence-corrected chi connectivity index (χ3v) is 5.76. The van der Waals surface area contributed by atoms with Gasteiger partial charge in [-0.2, -0.15) is 0 Å². The van der Waals surface area contributed by atoms with Crippen LogP contribution in [0, 0.1) is 12.3 Å². The molecule has 4 nitrogen and oxygen atoms in total. The lowest BCUT2D eigenvalue weighted by Crippen LogP contribution is -2.25. The van der Waals surface area contributed by atoms with Crippen molar-refractivity contribution >= 4 is 44.4 Å². The zero-order chi connectivity index (χ0) is 18.3. The Morgan fingerprint density at radius 1 is 1.15 bits per heavy atom. The zero-order valence-electron chi connectivity index (χ0n) is 14.0. The number of aromatic nitrogens is 1. The maximum atomic E-state index is 10.5. The molecule has 26 heavy (non-hydrogen) atoms. The van der Waals surface area contributed by atoms with E-state index in [2.05, 4.69) is 15.9 Å². The van der Waals surface area contributed by atoms with Crippen LogP contribution in [0.4, 0.5) is 5.69 Å². The van der Waals surface area contributed by atoms with Crippen LogP contribution in [0.5, 0.6) is 0 Å². The number of hydrogen-bond acceptors (Lipinski definition) is 4. The standard InChI is InChI=1S/C20H16BrN3OS/c1-12-18(13-6-3-2-4-7-13)23-20(26-12)17-16(25)11-24(19(17)22)15-9-5-8-14(21)10-15/h2-10,22,25H,11H2,1H3. The smallest absolute Gasteiger partial charge is 0.139 e. The molecule has 0 saturated carbocycles. The number of aliphatic hydroxyl groups is 1. The summed E-state index contributed by atoms with van der Waals surface area (Å²) in [7, 11) is 0. The average Bonchev–Trinajstić information content (AvgIpc) is 3.15. The van der Waals surface area contributed by atoms with E-state index < -0.39 is 0 Å². The molecule has 0 unspecified atom stereocenters. The number of thiazole rings is 1. The van der Waals surface area contributed by atoms with Crippen LogP contribution < -0.4 is 4.90 Å². The molecular formula is C20H16BrN3OS. The lowest BCUT2D eigenvalue weighted by atomic mass is 10.1. The van der Waals surface area contributed by atoms with E-state index >= 15 is 0 Å². The van der Waals surface area contributed by atoms with Crippen molar-refractivity contribution in [2.45, 2.75) is 6.92 Å². The number of anilines is 1. The highest BCUT2D eigenvalue weighted by Crippen LogP contribution is 2.37. The maximum absolute atomic E-state index is 10.5. The molecule has 2 heterocycles. The molecule has 130 valence electrons. The molecule has 0 saturated heterocycles. The first kappa shape index (κ1) is 17.0. The van der Waals surface area contributed by atoms with Crippen molar-refractivity contribution in [3.05, 3.63) is 74.7 Å². The Labute approximate surface area is 164 Å². The Bertz CT molecular complexity index is 1030. The number of amidine groups is 1. The van der Waals surface area contributed by atoms with E-state index in [0.717, 1.165) is 26.3 Å². The summed E-state index contributed by atoms with van der Waals surface area (Å²) in [4.78, 5) is 7.59. The molecule has 6 heteroatoms. The number of benzene rings is 2. The van der Waals surface area contributed by atoms with Gasteiger partial charge in [-0.05, 0) is 25.1 Å². The van der Waals surface area contributed by atoms with E-state index in [4.69, 9.17) is 10.4 Å². The van der Waals surface area contributed by atoms with Gasteiger partial charge in [0, 0.05) is 20.6 Å². The van der Waals surface area contributed by atoms with Crippen LogP contribution in [-0.2, 0) is 0 Å². The molecule has 0 amide bonds. The Morgan fingerprint density at radius 3 is 2.65 bits per heavy atom. The maximum Gasteiger partial charge on any atom is 0.139 e. The molecule has 1 aliphatic rings. The van der Waals surface area contributed by atoms with Gasteiger partial charge in [-0.15, -0.1) is 11.3 Å². The number of aliphatic hydroxyl groups excluding tert-OH is 1. The second kappa shape index (κ2) is 6.70. The van der Waals surface area contributed by atoms with Gasteiger partial charge in [0.1, 0.15) is 16.6 Å². The lowest BCUT2D eigenvalue weighted by molar-refractivity contribution is 0.411. The van der Waals surface area contributed by atoms with E-state index in [9.17, 15) is 5.11 Å². The van der Waals surface area contributed by atoms with Crippen LogP contribution in [-0.4, -0.2) is 22.5 Å². The molecule has 4 rings (SSSR count). The molecule has 0 bridgehead atoms. The molecule has 3 aromatic rings. The van der Waals surface area contributed by atoms with E-state index in [1.807, 2.05) is 61.5 Å². The van der Waals surface area contributed by atoms with Crippen LogP contribution in [0.3, 0.4) is 0 Å². The van der Waals surface area contributed by atoms with Crippen LogP contribution >= 0.6 is 27.3 Å². The fraction of sp³-hybridized carbons (Fsp3) is 0.100. The number of hydrogen-bond donors (Lipinski definition) is 2. The molecule has 0 radical (unpaired) electrons. The third-order valence-electron chi connectivity index (χ3n) is 4.28. The molecule has 1 aliphatic heterocycles. The average molecular weight is 426 g/mol. The van der Waals surface area contributed by atoms with Gasteiger partial charge in [0.05, 0.1) is 17.8 Å². The minimum atomic E-state index is 0.184. The molecule has 2 N–H and O–H groups in total. The Balaban J connectivity index is 1.70. The quantitative estimate of drug-likeness (QED) is 0.569. The zero-order valence-corrected chi connectivity index (χ0v) is 16.4. The van der Waals surface area contributed by atoms with Crippen molar-refractivity contribution < 1.29 is 5.11 Å². The Hall–Kier alpha value is -2.44. The Morgan fingerprint density at radius 2 is 1.92 bits per heavy atom. The van der Waals surface area contributed by atoms with Crippen LogP contribution in [0.1, 0.15) is 9.88 Å². The monoisotopic (exact) mass is 425 g/mol. The van der Waals surface area contributed by atoms with Crippen LogP contribution in [0.15, 0.2) is 64.8 Å². The number of nitrogens with zero attached hydrogens (tertiary/aromatic N) is 2. The first-order valence-electron chi connectivity index (χ1n) is 8.12. The van der Waals surface area contributed by atoms with Gasteiger partial charge in [0.15, 0.2) is 0 Å². The van der Waals surface area contributed by atoms with Gasteiger partial charge in [-0.1, -0.05) is 52.3 Å². The summed E-state index contributed by atoms with van der Waals surface area (Å²) in [5.41, 5.74) is 3.32. The summed E-state index contributed by atoms with van der Waals surface area (Å²) in [6.45, 7) is 2.30.